The van der Waals surface area contributed by atoms with Gasteiger partial charge in [-0.05, 0) is 33.9 Å². The van der Waals surface area contributed by atoms with Gasteiger partial charge in [-0.1, -0.05) is 5.47 Å². The average molecular weight is 210 g/mol. The lowest BCUT2D eigenvalue weighted by molar-refractivity contribution is -0.156. The largest absolute Gasteiger partial charge is 0.458 e. The van der Waals surface area contributed by atoms with Crippen LogP contribution in [0.3, 0.4) is 0 Å². The third-order valence-corrected chi connectivity index (χ3v) is 1.55. The van der Waals surface area contributed by atoms with Crippen LogP contribution in [0.25, 0.3) is 0 Å². The van der Waals surface area contributed by atoms with E-state index in [4.69, 9.17) is 10.1 Å². The van der Waals surface area contributed by atoms with Crippen LogP contribution in [0.15, 0.2) is 11.7 Å². The molecule has 84 valence electrons. The maximum absolute atomic E-state index is 11.5. The van der Waals surface area contributed by atoms with Crippen molar-refractivity contribution in [1.29, 1.82) is 5.41 Å². The molecular formula is C10H19BN2O2. The molecule has 0 aromatic rings. The molecule has 0 saturated heterocycles. The third kappa shape index (κ3) is 6.77. The Bertz CT molecular complexity index is 269. The van der Waals surface area contributed by atoms with Crippen molar-refractivity contribution in [3.05, 3.63) is 11.7 Å². The summed E-state index contributed by atoms with van der Waals surface area (Å²) in [5, 5.41) is 9.82. The van der Waals surface area contributed by atoms with Crippen LogP contribution < -0.4 is 5.32 Å². The van der Waals surface area contributed by atoms with Crippen LogP contribution in [0.4, 0.5) is 0 Å². The predicted molar refractivity (Wildman–Crippen MR) is 63.9 cm³/mol. The first-order chi connectivity index (χ1) is 6.76. The smallest absolute Gasteiger partial charge is 0.328 e. The van der Waals surface area contributed by atoms with Crippen LogP contribution in [0.5, 0.6) is 0 Å². The highest BCUT2D eigenvalue weighted by molar-refractivity contribution is 6.32. The summed E-state index contributed by atoms with van der Waals surface area (Å²) in [5.41, 5.74) is 0.290. The zero-order valence-electron chi connectivity index (χ0n) is 10.0. The number of nitrogens with one attached hydrogen (secondary N) is 2. The molecule has 0 rings (SSSR count). The molecule has 0 radical (unpaired) electrons. The molecular weight excluding hydrogens is 191 g/mol. The van der Waals surface area contributed by atoms with Gasteiger partial charge >= 0.3 is 5.97 Å². The topological polar surface area (TPSA) is 62.2 Å². The van der Waals surface area contributed by atoms with Gasteiger partial charge in [-0.3, -0.25) is 0 Å². The van der Waals surface area contributed by atoms with E-state index >= 15 is 0 Å². The Morgan fingerprint density at radius 2 is 2.07 bits per heavy atom. The second kappa shape index (κ2) is 5.58. The van der Waals surface area contributed by atoms with Crippen LogP contribution in [-0.2, 0) is 9.53 Å². The van der Waals surface area contributed by atoms with Crippen molar-refractivity contribution < 1.29 is 9.53 Å². The van der Waals surface area contributed by atoms with E-state index < -0.39 is 11.6 Å². The average Bonchev–Trinajstić information content (AvgIpc) is 2.10. The molecule has 1 atom stereocenters. The second-order valence-corrected chi connectivity index (χ2v) is 4.45. The summed E-state index contributed by atoms with van der Waals surface area (Å²) >= 11 is 0. The molecule has 0 aliphatic heterocycles. The first-order valence-corrected chi connectivity index (χ1v) is 4.92. The Balaban J connectivity index is 4.17. The number of carbonyl (C=O) groups excluding carboxylic acids is 1. The van der Waals surface area contributed by atoms with Gasteiger partial charge in [0.1, 0.15) is 19.5 Å². The fourth-order valence-corrected chi connectivity index (χ4v) is 0.756. The monoisotopic (exact) mass is 210 g/mol. The first-order valence-electron chi connectivity index (χ1n) is 4.92. The summed E-state index contributed by atoms with van der Waals surface area (Å²) in [6, 6.07) is -0.404. The third-order valence-electron chi connectivity index (χ3n) is 1.55. The molecule has 2 N–H and O–H groups in total. The van der Waals surface area contributed by atoms with Crippen LogP contribution in [0, 0.1) is 5.41 Å². The fraction of sp³-hybridized carbons (Fsp3) is 0.600. The highest BCUT2D eigenvalue weighted by atomic mass is 16.6. The van der Waals surface area contributed by atoms with E-state index in [1.165, 1.54) is 6.21 Å². The predicted octanol–water partition coefficient (Wildman–Crippen LogP) is 0.430. The zero-order valence-corrected chi connectivity index (χ0v) is 10.0. The minimum absolute atomic E-state index is 0.295. The van der Waals surface area contributed by atoms with Crippen LogP contribution >= 0.6 is 0 Å². The highest BCUT2D eigenvalue weighted by Crippen LogP contribution is 2.08. The van der Waals surface area contributed by atoms with Crippen molar-refractivity contribution in [2.75, 3.05) is 0 Å². The van der Waals surface area contributed by atoms with Gasteiger partial charge in [0.25, 0.3) is 0 Å². The van der Waals surface area contributed by atoms with Crippen LogP contribution in [-0.4, -0.2) is 31.7 Å². The van der Waals surface area contributed by atoms with E-state index in [0.717, 1.165) is 5.47 Å². The summed E-state index contributed by atoms with van der Waals surface area (Å²) in [6.07, 6.45) is 2.84. The number of carbonyl (C=O) groups is 1. The molecule has 15 heavy (non-hydrogen) atoms. The molecule has 0 fully saturated rings. The van der Waals surface area contributed by atoms with Crippen molar-refractivity contribution in [3.63, 3.8) is 0 Å². The Hall–Kier alpha value is -1.26. The maximum Gasteiger partial charge on any atom is 0.328 e. The molecule has 0 aliphatic carbocycles. The molecule has 4 nitrogen and oxygen atoms in total. The Morgan fingerprint density at radius 1 is 1.53 bits per heavy atom. The summed E-state index contributed by atoms with van der Waals surface area (Å²) in [7, 11) is 1.78. The van der Waals surface area contributed by atoms with E-state index in [-0.39, 0.29) is 5.97 Å². The second-order valence-electron chi connectivity index (χ2n) is 4.45. The lowest BCUT2D eigenvalue weighted by Gasteiger charge is -2.22. The standard InChI is InChI=1S/C10H19BN2O2/c1-7(13-6-8(11)5-12)9(14)15-10(2,3)4/h5-7,12-13H,11H2,1-4H3/b8-6+,12-5?. The molecule has 0 spiro atoms. The number of ether oxygens (including phenoxy) is 1. The van der Waals surface area contributed by atoms with Crippen molar-refractivity contribution in [2.45, 2.75) is 39.3 Å². The van der Waals surface area contributed by atoms with E-state index in [0.29, 0.717) is 0 Å². The number of esters is 1. The number of hydrogen-bond donors (Lipinski definition) is 2. The van der Waals surface area contributed by atoms with Gasteiger partial charge in [-0.25, -0.2) is 4.79 Å². The van der Waals surface area contributed by atoms with Crippen LogP contribution in [0.2, 0.25) is 0 Å². The Labute approximate surface area is 92.0 Å². The number of allylic oxidation sites excluding steroid dienone is 1. The summed E-state index contributed by atoms with van der Waals surface area (Å²) in [5.74, 6) is -0.295. The Kier molecular flexibility index (Phi) is 5.12. The minimum Gasteiger partial charge on any atom is -0.458 e. The van der Waals surface area contributed by atoms with E-state index in [1.54, 1.807) is 21.0 Å². The summed E-state index contributed by atoms with van der Waals surface area (Å²) in [6.45, 7) is 7.21. The number of hydrogen-bond acceptors (Lipinski definition) is 4. The quantitative estimate of drug-likeness (QED) is 0.402. The van der Waals surface area contributed by atoms with E-state index in [1.807, 2.05) is 20.8 Å². The van der Waals surface area contributed by atoms with Gasteiger partial charge in [0.05, 0.1) is 0 Å². The SMILES string of the molecule is B/C(C=N)=C/NC(C)C(=O)OC(C)(C)C. The highest BCUT2D eigenvalue weighted by Gasteiger charge is 2.20. The van der Waals surface area contributed by atoms with E-state index in [9.17, 15) is 4.79 Å². The Morgan fingerprint density at radius 3 is 2.47 bits per heavy atom. The molecule has 0 aromatic carbocycles. The normalized spacial score (nSPS) is 14.3. The first kappa shape index (κ1) is 13.7. The van der Waals surface area contributed by atoms with Crippen molar-refractivity contribution in [1.82, 2.24) is 5.32 Å². The number of rotatable bonds is 4. The van der Waals surface area contributed by atoms with Gasteiger partial charge in [-0.15, -0.1) is 0 Å². The molecule has 0 bridgehead atoms. The van der Waals surface area contributed by atoms with Crippen molar-refractivity contribution in [3.8, 4) is 0 Å². The van der Waals surface area contributed by atoms with Crippen molar-refractivity contribution >= 4 is 20.0 Å². The van der Waals surface area contributed by atoms with Crippen molar-refractivity contribution in [2.24, 2.45) is 0 Å². The molecule has 1 unspecified atom stereocenters. The van der Waals surface area contributed by atoms with Gasteiger partial charge < -0.3 is 15.5 Å². The van der Waals surface area contributed by atoms with Gasteiger partial charge in [0.15, 0.2) is 0 Å². The molecule has 5 heteroatoms. The fourth-order valence-electron chi connectivity index (χ4n) is 0.756. The van der Waals surface area contributed by atoms with E-state index in [2.05, 4.69) is 5.32 Å². The van der Waals surface area contributed by atoms with Crippen LogP contribution in [0.1, 0.15) is 27.7 Å². The van der Waals surface area contributed by atoms with Gasteiger partial charge in [0.2, 0.25) is 0 Å². The molecule has 0 amide bonds. The lowest BCUT2D eigenvalue weighted by Crippen LogP contribution is -2.37. The molecule has 0 saturated carbocycles. The minimum atomic E-state index is -0.465. The zero-order chi connectivity index (χ0) is 12.1. The van der Waals surface area contributed by atoms with Gasteiger partial charge in [0, 0.05) is 6.21 Å². The maximum atomic E-state index is 11.5. The molecule has 0 aromatic heterocycles. The molecule has 0 heterocycles. The lowest BCUT2D eigenvalue weighted by atomic mass is 9.98. The summed E-state index contributed by atoms with van der Waals surface area (Å²) in [4.78, 5) is 11.5. The summed E-state index contributed by atoms with van der Waals surface area (Å²) < 4.78 is 5.18. The molecule has 0 aliphatic rings. The van der Waals surface area contributed by atoms with Gasteiger partial charge in [-0.2, -0.15) is 0 Å².